The lowest BCUT2D eigenvalue weighted by atomic mass is 9.62. The number of rotatable bonds is 6. The maximum atomic E-state index is 14.9. The van der Waals surface area contributed by atoms with Crippen LogP contribution in [0.4, 0.5) is 5.69 Å². The molecule has 7 rings (SSSR count). The van der Waals surface area contributed by atoms with Crippen LogP contribution in [0.3, 0.4) is 0 Å². The number of carbonyl (C=O) groups is 3. The van der Waals surface area contributed by atoms with E-state index in [-0.39, 0.29) is 28.4 Å². The first-order valence-corrected chi connectivity index (χ1v) is 15.2. The van der Waals surface area contributed by atoms with Gasteiger partial charge in [-0.2, -0.15) is 0 Å². The Balaban J connectivity index is 1.49. The summed E-state index contributed by atoms with van der Waals surface area (Å²) < 4.78 is 5.80. The molecule has 3 aliphatic rings. The number of nitrogens with zero attached hydrogens (tertiary/aromatic N) is 1. The molecule has 1 saturated heterocycles. The van der Waals surface area contributed by atoms with Crippen LogP contribution in [0.1, 0.15) is 57.3 Å². The standard InChI is InChI=1S/C36H28Cl2N2O4/c1-20(2)44-24-14-11-22(12-15-24)32(41)31-30(33(42)26-16-13-23(37)19-28(26)38)36(27-9-5-6-10-29(27)39-35(36)43)34-25-8-4-3-7-21(25)17-18-40(31)34/h3-20,30-31,34H,1-2H3,(H,39,43)/t30-,31+,34+,36+/m1/s1. The highest BCUT2D eigenvalue weighted by Crippen LogP contribution is 2.62. The highest BCUT2D eigenvalue weighted by molar-refractivity contribution is 6.37. The van der Waals surface area contributed by atoms with E-state index in [4.69, 9.17) is 27.9 Å². The van der Waals surface area contributed by atoms with Gasteiger partial charge < -0.3 is 15.0 Å². The van der Waals surface area contributed by atoms with Gasteiger partial charge in [0.25, 0.3) is 0 Å². The van der Waals surface area contributed by atoms with Gasteiger partial charge in [-0.1, -0.05) is 65.7 Å². The molecule has 220 valence electrons. The van der Waals surface area contributed by atoms with E-state index < -0.39 is 29.2 Å². The van der Waals surface area contributed by atoms with Gasteiger partial charge in [0, 0.05) is 28.0 Å². The van der Waals surface area contributed by atoms with Crippen LogP contribution in [-0.2, 0) is 10.2 Å². The second-order valence-electron chi connectivity index (χ2n) is 11.6. The summed E-state index contributed by atoms with van der Waals surface area (Å²) in [6.07, 6.45) is 3.75. The molecule has 44 heavy (non-hydrogen) atoms. The molecule has 0 aliphatic carbocycles. The first-order chi connectivity index (χ1) is 21.2. The van der Waals surface area contributed by atoms with Crippen molar-refractivity contribution < 1.29 is 19.1 Å². The quantitative estimate of drug-likeness (QED) is 0.222. The maximum absolute atomic E-state index is 14.9. The lowest BCUT2D eigenvalue weighted by molar-refractivity contribution is -0.122. The number of hydrogen-bond donors (Lipinski definition) is 1. The predicted octanol–water partition coefficient (Wildman–Crippen LogP) is 7.76. The maximum Gasteiger partial charge on any atom is 0.238 e. The van der Waals surface area contributed by atoms with Gasteiger partial charge in [-0.05, 0) is 85.1 Å². The molecule has 0 radical (unpaired) electrons. The number of ether oxygens (including phenoxy) is 1. The summed E-state index contributed by atoms with van der Waals surface area (Å²) in [4.78, 5) is 46.1. The van der Waals surface area contributed by atoms with E-state index in [2.05, 4.69) is 5.32 Å². The van der Waals surface area contributed by atoms with Gasteiger partial charge in [0.05, 0.1) is 23.1 Å². The van der Waals surface area contributed by atoms with Gasteiger partial charge in [-0.25, -0.2) is 0 Å². The molecule has 1 amide bonds. The van der Waals surface area contributed by atoms with Crippen LogP contribution in [0.15, 0.2) is 97.2 Å². The summed E-state index contributed by atoms with van der Waals surface area (Å²) in [6, 6.07) is 25.1. The summed E-state index contributed by atoms with van der Waals surface area (Å²) in [7, 11) is 0. The topological polar surface area (TPSA) is 75.7 Å². The smallest absolute Gasteiger partial charge is 0.238 e. The molecule has 4 aromatic rings. The zero-order valence-corrected chi connectivity index (χ0v) is 25.5. The van der Waals surface area contributed by atoms with E-state index in [1.807, 2.05) is 79.6 Å². The molecule has 0 bridgehead atoms. The minimum atomic E-state index is -1.45. The van der Waals surface area contributed by atoms with Crippen molar-refractivity contribution in [1.82, 2.24) is 4.90 Å². The minimum absolute atomic E-state index is 0.0300. The number of nitrogens with one attached hydrogen (secondary N) is 1. The molecule has 1 fully saturated rings. The third-order valence-electron chi connectivity index (χ3n) is 8.83. The van der Waals surface area contributed by atoms with Crippen LogP contribution >= 0.6 is 23.2 Å². The molecular formula is C36H28Cl2N2O4. The number of anilines is 1. The van der Waals surface area contributed by atoms with Crippen molar-refractivity contribution in [3.05, 3.63) is 135 Å². The van der Waals surface area contributed by atoms with Crippen LogP contribution < -0.4 is 10.1 Å². The third kappa shape index (κ3) is 4.20. The van der Waals surface area contributed by atoms with Gasteiger partial charge in [0.1, 0.15) is 17.2 Å². The number of halogens is 2. The van der Waals surface area contributed by atoms with Crippen LogP contribution in [0.5, 0.6) is 5.75 Å². The molecule has 0 aromatic heterocycles. The minimum Gasteiger partial charge on any atom is -0.491 e. The summed E-state index contributed by atoms with van der Waals surface area (Å²) >= 11 is 12.8. The lowest BCUT2D eigenvalue weighted by Gasteiger charge is -2.38. The monoisotopic (exact) mass is 622 g/mol. The number of para-hydroxylation sites is 1. The molecule has 3 aliphatic heterocycles. The van der Waals surface area contributed by atoms with Crippen LogP contribution in [0, 0.1) is 5.92 Å². The normalized spacial score (nSPS) is 22.9. The van der Waals surface area contributed by atoms with E-state index in [0.717, 1.165) is 11.1 Å². The average Bonchev–Trinajstić information content (AvgIpc) is 3.49. The average molecular weight is 624 g/mol. The zero-order chi connectivity index (χ0) is 30.7. The van der Waals surface area contributed by atoms with Crippen molar-refractivity contribution in [2.75, 3.05) is 5.32 Å². The Morgan fingerprint density at radius 3 is 2.39 bits per heavy atom. The molecule has 0 saturated carbocycles. The van der Waals surface area contributed by atoms with Crippen molar-refractivity contribution in [2.24, 2.45) is 5.92 Å². The Morgan fingerprint density at radius 1 is 0.909 bits per heavy atom. The molecule has 4 atom stereocenters. The zero-order valence-electron chi connectivity index (χ0n) is 24.0. The fraction of sp³-hybridized carbons (Fsp3) is 0.194. The predicted molar refractivity (Wildman–Crippen MR) is 171 cm³/mol. The van der Waals surface area contributed by atoms with Crippen molar-refractivity contribution >= 4 is 52.4 Å². The van der Waals surface area contributed by atoms with Crippen LogP contribution in [-0.4, -0.2) is 34.5 Å². The van der Waals surface area contributed by atoms with Gasteiger partial charge in [0.2, 0.25) is 5.91 Å². The first kappa shape index (κ1) is 28.4. The number of hydrogen-bond acceptors (Lipinski definition) is 5. The third-order valence-corrected chi connectivity index (χ3v) is 9.38. The summed E-state index contributed by atoms with van der Waals surface area (Å²) in [5, 5.41) is 3.59. The second kappa shape index (κ2) is 10.7. The summed E-state index contributed by atoms with van der Waals surface area (Å²) in [5.74, 6) is -1.53. The van der Waals surface area contributed by atoms with E-state index in [0.29, 0.717) is 27.6 Å². The molecule has 1 N–H and O–H groups in total. The molecular weight excluding hydrogens is 595 g/mol. The number of benzene rings is 4. The van der Waals surface area contributed by atoms with E-state index in [9.17, 15) is 14.4 Å². The van der Waals surface area contributed by atoms with Gasteiger partial charge in [-0.3, -0.25) is 14.4 Å². The number of carbonyl (C=O) groups excluding carboxylic acids is 3. The van der Waals surface area contributed by atoms with Gasteiger partial charge in [-0.15, -0.1) is 0 Å². The Hall–Kier alpha value is -4.39. The van der Waals surface area contributed by atoms with Crippen molar-refractivity contribution in [2.45, 2.75) is 37.5 Å². The van der Waals surface area contributed by atoms with Crippen molar-refractivity contribution in [1.29, 1.82) is 0 Å². The van der Waals surface area contributed by atoms with Gasteiger partial charge >= 0.3 is 0 Å². The van der Waals surface area contributed by atoms with Crippen LogP contribution in [0.25, 0.3) is 6.08 Å². The Kier molecular flexibility index (Phi) is 6.87. The highest BCUT2D eigenvalue weighted by Gasteiger charge is 2.70. The molecule has 3 heterocycles. The first-order valence-electron chi connectivity index (χ1n) is 14.5. The van der Waals surface area contributed by atoms with Crippen molar-refractivity contribution in [3.8, 4) is 5.75 Å². The number of ketones is 2. The molecule has 1 spiro atoms. The summed E-state index contributed by atoms with van der Waals surface area (Å²) in [6.45, 7) is 3.86. The Bertz CT molecular complexity index is 1870. The number of fused-ring (bicyclic) bond motifs is 6. The van der Waals surface area contributed by atoms with Gasteiger partial charge in [0.15, 0.2) is 11.6 Å². The van der Waals surface area contributed by atoms with E-state index in [1.54, 1.807) is 36.4 Å². The number of Topliss-reactive ketones (excluding diaryl/α,β-unsaturated/α-hetero) is 2. The van der Waals surface area contributed by atoms with E-state index >= 15 is 0 Å². The summed E-state index contributed by atoms with van der Waals surface area (Å²) in [5.41, 5.74) is 2.23. The largest absolute Gasteiger partial charge is 0.491 e. The van der Waals surface area contributed by atoms with Crippen LogP contribution in [0.2, 0.25) is 10.0 Å². The molecule has 4 aromatic carbocycles. The highest BCUT2D eigenvalue weighted by atomic mass is 35.5. The molecule has 8 heteroatoms. The van der Waals surface area contributed by atoms with E-state index in [1.165, 1.54) is 6.07 Å². The Morgan fingerprint density at radius 2 is 1.64 bits per heavy atom. The SMILES string of the molecule is CC(C)Oc1ccc(C(=O)[C@@H]2[C@H](C(=O)c3ccc(Cl)cc3Cl)[C@]3(C(=O)Nc4ccccc43)[C@@H]3c4ccccc4C=CN23)cc1. The molecule has 0 unspecified atom stereocenters. The lowest BCUT2D eigenvalue weighted by Crippen LogP contribution is -2.49. The fourth-order valence-electron chi connectivity index (χ4n) is 7.17. The van der Waals surface area contributed by atoms with Crippen molar-refractivity contribution in [3.63, 3.8) is 0 Å². The molecule has 6 nitrogen and oxygen atoms in total. The fourth-order valence-corrected chi connectivity index (χ4v) is 7.67. The second-order valence-corrected chi connectivity index (χ2v) is 12.5. The Labute approximate surface area is 265 Å². The number of amides is 1.